The maximum Gasteiger partial charge on any atom is 0.128 e. The average Bonchev–Trinajstić information content (AvgIpc) is 3.73. The van der Waals surface area contributed by atoms with Crippen LogP contribution < -0.4 is 5.32 Å². The molecular formula is C30H23N7OS. The minimum atomic E-state index is -0.740. The van der Waals surface area contributed by atoms with Gasteiger partial charge in [-0.25, -0.2) is 0 Å². The molecule has 6 aromatic heterocycles. The fourth-order valence-corrected chi connectivity index (χ4v) is 5.47. The second-order valence-electron chi connectivity index (χ2n) is 9.32. The van der Waals surface area contributed by atoms with Crippen LogP contribution in [0.4, 0.5) is 5.69 Å². The van der Waals surface area contributed by atoms with Crippen LogP contribution in [0.25, 0.3) is 55.7 Å². The van der Waals surface area contributed by atoms with Crippen LogP contribution >= 0.6 is 11.3 Å². The highest BCUT2D eigenvalue weighted by Gasteiger charge is 2.16. The van der Waals surface area contributed by atoms with E-state index in [1.807, 2.05) is 54.7 Å². The minimum Gasteiger partial charge on any atom is -0.373 e. The molecule has 0 aliphatic carbocycles. The second-order valence-corrected chi connectivity index (χ2v) is 10.1. The van der Waals surface area contributed by atoms with Crippen molar-refractivity contribution < 1.29 is 5.11 Å². The van der Waals surface area contributed by atoms with E-state index in [9.17, 15) is 5.11 Å². The van der Waals surface area contributed by atoms with Crippen molar-refractivity contribution in [2.24, 2.45) is 0 Å². The second kappa shape index (κ2) is 9.79. The molecule has 39 heavy (non-hydrogen) atoms. The highest BCUT2D eigenvalue weighted by Crippen LogP contribution is 2.34. The predicted octanol–water partition coefficient (Wildman–Crippen LogP) is 6.26. The first kappa shape index (κ1) is 23.3. The van der Waals surface area contributed by atoms with Crippen molar-refractivity contribution in [1.29, 1.82) is 0 Å². The molecule has 1 unspecified atom stereocenters. The van der Waals surface area contributed by atoms with Gasteiger partial charge in [0.25, 0.3) is 0 Å². The van der Waals surface area contributed by atoms with Gasteiger partial charge in [0.1, 0.15) is 11.9 Å². The van der Waals surface area contributed by atoms with Crippen molar-refractivity contribution in [2.75, 3.05) is 5.32 Å². The molecule has 7 rings (SSSR count). The van der Waals surface area contributed by atoms with Gasteiger partial charge in [-0.2, -0.15) is 16.4 Å². The minimum absolute atomic E-state index is 0.488. The Morgan fingerprint density at radius 1 is 0.872 bits per heavy atom. The lowest BCUT2D eigenvalue weighted by Crippen LogP contribution is -2.21. The van der Waals surface area contributed by atoms with Crippen molar-refractivity contribution in [3.8, 4) is 33.9 Å². The maximum absolute atomic E-state index is 10.6. The van der Waals surface area contributed by atoms with Crippen LogP contribution in [-0.2, 0) is 6.42 Å². The number of aromatic amines is 2. The molecule has 0 aliphatic rings. The first-order valence-corrected chi connectivity index (χ1v) is 13.4. The molecule has 8 nitrogen and oxygen atoms in total. The third-order valence-corrected chi connectivity index (χ3v) is 7.37. The first-order chi connectivity index (χ1) is 19.2. The molecule has 9 heteroatoms. The summed E-state index contributed by atoms with van der Waals surface area (Å²) in [5.41, 5.74) is 8.96. The van der Waals surface area contributed by atoms with E-state index in [1.54, 1.807) is 29.9 Å². The lowest BCUT2D eigenvalue weighted by Gasteiger charge is -2.14. The largest absolute Gasteiger partial charge is 0.373 e. The molecule has 4 N–H and O–H groups in total. The van der Waals surface area contributed by atoms with E-state index in [0.29, 0.717) is 12.1 Å². The van der Waals surface area contributed by atoms with Crippen molar-refractivity contribution in [3.63, 3.8) is 0 Å². The highest BCUT2D eigenvalue weighted by atomic mass is 32.1. The van der Waals surface area contributed by atoms with E-state index in [4.69, 9.17) is 0 Å². The first-order valence-electron chi connectivity index (χ1n) is 12.5. The third kappa shape index (κ3) is 4.54. The van der Waals surface area contributed by atoms with E-state index in [1.165, 1.54) is 0 Å². The Kier molecular flexibility index (Phi) is 5.84. The van der Waals surface area contributed by atoms with E-state index in [2.05, 4.69) is 58.3 Å². The Morgan fingerprint density at radius 2 is 1.77 bits per heavy atom. The molecule has 0 saturated carbocycles. The Balaban J connectivity index is 1.21. The van der Waals surface area contributed by atoms with Gasteiger partial charge in [0.2, 0.25) is 0 Å². The van der Waals surface area contributed by atoms with Crippen LogP contribution in [0, 0.1) is 0 Å². The van der Waals surface area contributed by atoms with Gasteiger partial charge < -0.3 is 15.4 Å². The summed E-state index contributed by atoms with van der Waals surface area (Å²) in [6, 6.07) is 20.0. The topological polar surface area (TPSA) is 115 Å². The molecule has 6 heterocycles. The smallest absolute Gasteiger partial charge is 0.128 e. The van der Waals surface area contributed by atoms with Crippen molar-refractivity contribution in [2.45, 2.75) is 12.6 Å². The molecule has 0 spiro atoms. The lowest BCUT2D eigenvalue weighted by atomic mass is 10.1. The van der Waals surface area contributed by atoms with Gasteiger partial charge in [0.15, 0.2) is 0 Å². The number of benzene rings is 1. The summed E-state index contributed by atoms with van der Waals surface area (Å²) in [5, 5.41) is 27.6. The number of thiophene rings is 1. The number of anilines is 1. The number of nitrogens with zero attached hydrogens (tertiary/aromatic N) is 4. The normalized spacial score (nSPS) is 12.2. The van der Waals surface area contributed by atoms with Crippen LogP contribution in [0.1, 0.15) is 5.56 Å². The van der Waals surface area contributed by atoms with Crippen LogP contribution in [-0.4, -0.2) is 41.5 Å². The zero-order chi connectivity index (χ0) is 26.2. The fourth-order valence-electron chi connectivity index (χ4n) is 4.83. The predicted molar refractivity (Wildman–Crippen MR) is 155 cm³/mol. The summed E-state index contributed by atoms with van der Waals surface area (Å²) in [6.45, 7) is 0. The zero-order valence-corrected chi connectivity index (χ0v) is 21.5. The van der Waals surface area contributed by atoms with Gasteiger partial charge in [-0.3, -0.25) is 20.1 Å². The number of aromatic nitrogens is 6. The van der Waals surface area contributed by atoms with Crippen molar-refractivity contribution in [1.82, 2.24) is 30.1 Å². The maximum atomic E-state index is 10.6. The summed E-state index contributed by atoms with van der Waals surface area (Å²) < 4.78 is 0. The number of aliphatic hydroxyl groups excluding tert-OH is 1. The van der Waals surface area contributed by atoms with Crippen molar-refractivity contribution >= 4 is 38.8 Å². The summed E-state index contributed by atoms with van der Waals surface area (Å²) in [6.07, 6.45) is 6.82. The van der Waals surface area contributed by atoms with Gasteiger partial charge in [-0.05, 0) is 41.3 Å². The van der Waals surface area contributed by atoms with Gasteiger partial charge in [0.05, 0.1) is 40.7 Å². The van der Waals surface area contributed by atoms with Crippen LogP contribution in [0.15, 0.2) is 96.2 Å². The Morgan fingerprint density at radius 3 is 2.64 bits per heavy atom. The molecule has 0 aliphatic heterocycles. The number of aliphatic hydroxyl groups is 1. The standard InChI is InChI=1S/C30H23N7OS/c38-28(10-18-4-2-1-3-5-18)34-21-11-20(14-31-15-21)25-12-23-27(16-33-25)36-37-30(23)26-13-22-24(35-26)6-8-32-29(22)19-7-9-39-17-19/h1-9,11-17,28,34-35,38H,10H2,(H,36,37). The van der Waals surface area contributed by atoms with Crippen LogP contribution in [0.5, 0.6) is 0 Å². The van der Waals surface area contributed by atoms with Gasteiger partial charge in [-0.1, -0.05) is 30.3 Å². The molecule has 1 atom stereocenters. The number of rotatable bonds is 7. The molecule has 0 saturated heterocycles. The number of hydrogen-bond donors (Lipinski definition) is 4. The van der Waals surface area contributed by atoms with Crippen molar-refractivity contribution in [3.05, 3.63) is 102 Å². The quantitative estimate of drug-likeness (QED) is 0.181. The van der Waals surface area contributed by atoms with E-state index < -0.39 is 6.23 Å². The highest BCUT2D eigenvalue weighted by molar-refractivity contribution is 7.08. The molecule has 0 fully saturated rings. The number of nitrogens with one attached hydrogen (secondary N) is 3. The van der Waals surface area contributed by atoms with E-state index in [-0.39, 0.29) is 0 Å². The molecular weight excluding hydrogens is 506 g/mol. The number of pyridine rings is 3. The number of hydrogen-bond acceptors (Lipinski definition) is 7. The summed E-state index contributed by atoms with van der Waals surface area (Å²) in [5.74, 6) is 0. The Labute approximate surface area is 227 Å². The SMILES string of the molecule is OC(Cc1ccccc1)Nc1cncc(-c2cc3c(-c4cc5c(-c6ccsc6)nccc5[nH]4)n[nH]c3cn2)c1. The van der Waals surface area contributed by atoms with E-state index >= 15 is 0 Å². The van der Waals surface area contributed by atoms with Crippen LogP contribution in [0.3, 0.4) is 0 Å². The van der Waals surface area contributed by atoms with Crippen LogP contribution in [0.2, 0.25) is 0 Å². The monoisotopic (exact) mass is 529 g/mol. The molecule has 7 aromatic rings. The Bertz CT molecular complexity index is 1890. The van der Waals surface area contributed by atoms with Gasteiger partial charge >= 0.3 is 0 Å². The Hall–Kier alpha value is -4.86. The van der Waals surface area contributed by atoms with Gasteiger partial charge in [0, 0.05) is 51.6 Å². The molecule has 0 radical (unpaired) electrons. The molecule has 0 amide bonds. The van der Waals surface area contributed by atoms with E-state index in [0.717, 1.165) is 61.3 Å². The average molecular weight is 530 g/mol. The number of fused-ring (bicyclic) bond motifs is 2. The fraction of sp³-hybridized carbons (Fsp3) is 0.0667. The summed E-state index contributed by atoms with van der Waals surface area (Å²) >= 11 is 1.66. The third-order valence-electron chi connectivity index (χ3n) is 6.68. The molecule has 190 valence electrons. The molecule has 1 aromatic carbocycles. The van der Waals surface area contributed by atoms with Gasteiger partial charge in [-0.15, -0.1) is 0 Å². The zero-order valence-electron chi connectivity index (χ0n) is 20.7. The molecule has 0 bridgehead atoms. The summed E-state index contributed by atoms with van der Waals surface area (Å²) in [7, 11) is 0. The number of H-pyrrole nitrogens is 2. The lowest BCUT2D eigenvalue weighted by molar-refractivity contribution is 0.204. The summed E-state index contributed by atoms with van der Waals surface area (Å²) in [4.78, 5) is 17.2.